The predicted molar refractivity (Wildman–Crippen MR) is 131 cm³/mol. The quantitative estimate of drug-likeness (QED) is 0.473. The monoisotopic (exact) mass is 454 g/mol. The van der Waals surface area contributed by atoms with Crippen molar-refractivity contribution in [3.05, 3.63) is 99.9 Å². The van der Waals surface area contributed by atoms with Crippen LogP contribution in [0.2, 0.25) is 0 Å². The van der Waals surface area contributed by atoms with Crippen LogP contribution in [-0.2, 0) is 11.3 Å². The lowest BCUT2D eigenvalue weighted by atomic mass is 10.2. The Hall–Kier alpha value is -3.47. The third kappa shape index (κ3) is 3.79. The molecular formula is C25H18N4OS2. The SMILES string of the molecule is CN1/C(=C2/S/C(=N\c3cccc(C#N)c3)N(Cc3ccccc3)C2=O)Sc2ccccc21. The van der Waals surface area contributed by atoms with Gasteiger partial charge >= 0.3 is 0 Å². The van der Waals surface area contributed by atoms with Gasteiger partial charge in [0.25, 0.3) is 5.91 Å². The molecule has 5 nitrogen and oxygen atoms in total. The van der Waals surface area contributed by atoms with Crippen LogP contribution in [0, 0.1) is 11.3 Å². The number of hydrogen-bond donors (Lipinski definition) is 0. The summed E-state index contributed by atoms with van der Waals surface area (Å²) in [5.74, 6) is -0.0591. The number of nitrogens with zero attached hydrogens (tertiary/aromatic N) is 4. The molecule has 1 saturated heterocycles. The van der Waals surface area contributed by atoms with E-state index in [4.69, 9.17) is 4.99 Å². The minimum atomic E-state index is -0.0591. The van der Waals surface area contributed by atoms with Gasteiger partial charge in [0.05, 0.1) is 34.6 Å². The van der Waals surface area contributed by atoms with Crippen molar-refractivity contribution in [1.29, 1.82) is 5.26 Å². The number of aliphatic imine (C=N–C) groups is 1. The molecule has 0 spiro atoms. The van der Waals surface area contributed by atoms with E-state index in [2.05, 4.69) is 23.1 Å². The van der Waals surface area contributed by atoms with Gasteiger partial charge in [0.2, 0.25) is 0 Å². The van der Waals surface area contributed by atoms with Gasteiger partial charge in [-0.2, -0.15) is 5.26 Å². The second-order valence-electron chi connectivity index (χ2n) is 7.30. The molecule has 0 unspecified atom stereocenters. The van der Waals surface area contributed by atoms with E-state index in [1.54, 1.807) is 34.9 Å². The van der Waals surface area contributed by atoms with E-state index in [1.807, 2.05) is 55.6 Å². The molecule has 2 aliphatic heterocycles. The predicted octanol–water partition coefficient (Wildman–Crippen LogP) is 5.73. The normalized spacial score (nSPS) is 18.9. The van der Waals surface area contributed by atoms with Crippen LogP contribution in [-0.4, -0.2) is 23.0 Å². The van der Waals surface area contributed by atoms with Crippen LogP contribution in [0.5, 0.6) is 0 Å². The lowest BCUT2D eigenvalue weighted by molar-refractivity contribution is -0.122. The van der Waals surface area contributed by atoms with Crippen LogP contribution in [0.15, 0.2) is 98.7 Å². The van der Waals surface area contributed by atoms with E-state index in [0.29, 0.717) is 27.9 Å². The Kier molecular flexibility index (Phi) is 5.48. The molecule has 1 amide bonds. The van der Waals surface area contributed by atoms with Crippen molar-refractivity contribution in [2.45, 2.75) is 11.4 Å². The first-order valence-corrected chi connectivity index (χ1v) is 11.6. The second-order valence-corrected chi connectivity index (χ2v) is 9.31. The number of amidine groups is 1. The molecule has 2 heterocycles. The largest absolute Gasteiger partial charge is 0.337 e. The summed E-state index contributed by atoms with van der Waals surface area (Å²) in [7, 11) is 1.99. The number of hydrogen-bond acceptors (Lipinski definition) is 6. The Morgan fingerprint density at radius 2 is 1.75 bits per heavy atom. The maximum absolute atomic E-state index is 13.6. The van der Waals surface area contributed by atoms with E-state index in [1.165, 1.54) is 11.8 Å². The third-order valence-corrected chi connectivity index (χ3v) is 7.61. The molecule has 0 N–H and O–H groups in total. The fraction of sp³-hybridized carbons (Fsp3) is 0.0800. The molecule has 0 bridgehead atoms. The molecule has 0 saturated carbocycles. The molecular weight excluding hydrogens is 436 g/mol. The number of rotatable bonds is 3. The van der Waals surface area contributed by atoms with Crippen LogP contribution >= 0.6 is 23.5 Å². The number of amides is 1. The van der Waals surface area contributed by atoms with Gasteiger partial charge in [-0.15, -0.1) is 0 Å². The summed E-state index contributed by atoms with van der Waals surface area (Å²) in [6.45, 7) is 0.432. The smallest absolute Gasteiger partial charge is 0.269 e. The zero-order valence-corrected chi connectivity index (χ0v) is 18.9. The van der Waals surface area contributed by atoms with Crippen molar-refractivity contribution in [3.63, 3.8) is 0 Å². The van der Waals surface area contributed by atoms with Crippen LogP contribution in [0.3, 0.4) is 0 Å². The van der Waals surface area contributed by atoms with Gasteiger partial charge < -0.3 is 4.90 Å². The summed E-state index contributed by atoms with van der Waals surface area (Å²) >= 11 is 2.99. The Labute approximate surface area is 195 Å². The second kappa shape index (κ2) is 8.58. The highest BCUT2D eigenvalue weighted by atomic mass is 32.2. The highest BCUT2D eigenvalue weighted by Gasteiger charge is 2.39. The lowest BCUT2D eigenvalue weighted by Gasteiger charge is -2.16. The molecule has 0 radical (unpaired) electrons. The molecule has 5 rings (SSSR count). The zero-order valence-electron chi connectivity index (χ0n) is 17.2. The average Bonchev–Trinajstić information content (AvgIpc) is 3.31. The van der Waals surface area contributed by atoms with Crippen LogP contribution in [0.4, 0.5) is 11.4 Å². The number of para-hydroxylation sites is 1. The van der Waals surface area contributed by atoms with Crippen molar-refractivity contribution in [1.82, 2.24) is 4.90 Å². The Balaban J connectivity index is 1.56. The lowest BCUT2D eigenvalue weighted by Crippen LogP contribution is -2.29. The van der Waals surface area contributed by atoms with Crippen molar-refractivity contribution in [3.8, 4) is 6.07 Å². The minimum absolute atomic E-state index is 0.0591. The summed E-state index contributed by atoms with van der Waals surface area (Å²) in [4.78, 5) is 23.9. The first-order valence-electron chi connectivity index (χ1n) is 10.0. The number of nitriles is 1. The van der Waals surface area contributed by atoms with E-state index in [-0.39, 0.29) is 5.91 Å². The van der Waals surface area contributed by atoms with Crippen molar-refractivity contribution in [2.24, 2.45) is 4.99 Å². The summed E-state index contributed by atoms with van der Waals surface area (Å²) < 4.78 is 0. The van der Waals surface area contributed by atoms with Gasteiger partial charge in [0, 0.05) is 11.9 Å². The fourth-order valence-electron chi connectivity index (χ4n) is 3.58. The van der Waals surface area contributed by atoms with Gasteiger partial charge in [-0.1, -0.05) is 60.3 Å². The number of carbonyl (C=O) groups is 1. The highest BCUT2D eigenvalue weighted by Crippen LogP contribution is 2.50. The number of carbonyl (C=O) groups excluding carboxylic acids is 1. The van der Waals surface area contributed by atoms with E-state index in [0.717, 1.165) is 21.2 Å². The van der Waals surface area contributed by atoms with E-state index < -0.39 is 0 Å². The number of anilines is 1. The van der Waals surface area contributed by atoms with E-state index in [9.17, 15) is 10.1 Å². The van der Waals surface area contributed by atoms with Crippen molar-refractivity contribution >= 4 is 46.0 Å². The summed E-state index contributed by atoms with van der Waals surface area (Å²) in [6, 6.07) is 27.3. The molecule has 32 heavy (non-hydrogen) atoms. The summed E-state index contributed by atoms with van der Waals surface area (Å²) in [5.41, 5.74) is 3.31. The van der Waals surface area contributed by atoms with E-state index >= 15 is 0 Å². The number of benzene rings is 3. The summed E-state index contributed by atoms with van der Waals surface area (Å²) in [6.07, 6.45) is 0. The van der Waals surface area contributed by atoms with Crippen LogP contribution < -0.4 is 4.90 Å². The molecule has 0 aromatic heterocycles. The molecule has 3 aromatic rings. The Morgan fingerprint density at radius 3 is 2.53 bits per heavy atom. The average molecular weight is 455 g/mol. The first kappa shape index (κ1) is 20.4. The maximum Gasteiger partial charge on any atom is 0.269 e. The fourth-order valence-corrected chi connectivity index (χ4v) is 5.92. The summed E-state index contributed by atoms with van der Waals surface area (Å²) in [5, 5.41) is 10.8. The zero-order chi connectivity index (χ0) is 22.1. The van der Waals surface area contributed by atoms with Crippen molar-refractivity contribution in [2.75, 3.05) is 11.9 Å². The third-order valence-electron chi connectivity index (χ3n) is 5.18. The molecule has 0 aliphatic carbocycles. The molecule has 1 fully saturated rings. The van der Waals surface area contributed by atoms with Crippen LogP contribution in [0.1, 0.15) is 11.1 Å². The Morgan fingerprint density at radius 1 is 0.969 bits per heavy atom. The molecule has 7 heteroatoms. The highest BCUT2D eigenvalue weighted by molar-refractivity contribution is 8.19. The van der Waals surface area contributed by atoms with Gasteiger partial charge in [-0.3, -0.25) is 9.69 Å². The van der Waals surface area contributed by atoms with Gasteiger partial charge in [0.15, 0.2) is 5.17 Å². The van der Waals surface area contributed by atoms with Gasteiger partial charge in [-0.05, 0) is 47.7 Å². The molecule has 0 atom stereocenters. The standard InChI is InChI=1S/C25H18N4OS2/c1-28-20-12-5-6-13-21(20)31-24(28)22-23(30)29(16-17-8-3-2-4-9-17)25(32-22)27-19-11-7-10-18(14-19)15-26/h2-14H,16H2,1H3/b24-22-,27-25-. The number of fused-ring (bicyclic) bond motifs is 1. The Bertz CT molecular complexity index is 1310. The topological polar surface area (TPSA) is 59.7 Å². The molecule has 3 aromatic carbocycles. The van der Waals surface area contributed by atoms with Crippen molar-refractivity contribution < 1.29 is 4.79 Å². The molecule has 2 aliphatic rings. The van der Waals surface area contributed by atoms with Crippen LogP contribution in [0.25, 0.3) is 0 Å². The first-order chi connectivity index (χ1) is 15.6. The van der Waals surface area contributed by atoms with Gasteiger partial charge in [0.1, 0.15) is 4.91 Å². The van der Waals surface area contributed by atoms with Gasteiger partial charge in [-0.25, -0.2) is 4.99 Å². The molecule has 156 valence electrons. The maximum atomic E-state index is 13.6. The minimum Gasteiger partial charge on any atom is -0.337 e. The number of thioether (sulfide) groups is 2.